The Labute approximate surface area is 157 Å². The number of amides is 1. The van der Waals surface area contributed by atoms with Crippen LogP contribution in [0, 0.1) is 31.6 Å². The highest BCUT2D eigenvalue weighted by molar-refractivity contribution is 9.10. The molecule has 132 valence electrons. The first-order chi connectivity index (χ1) is 12.0. The molecule has 0 unspecified atom stereocenters. The van der Waals surface area contributed by atoms with Crippen LogP contribution in [0.1, 0.15) is 43.5 Å². The normalized spacial score (nSPS) is 24.7. The van der Waals surface area contributed by atoms with E-state index in [9.17, 15) is 4.79 Å². The maximum atomic E-state index is 12.4. The Morgan fingerprint density at radius 3 is 2.56 bits per heavy atom. The van der Waals surface area contributed by atoms with Crippen LogP contribution in [0.5, 0.6) is 0 Å². The van der Waals surface area contributed by atoms with Crippen LogP contribution < -0.4 is 5.32 Å². The molecule has 1 N–H and O–H groups in total. The standard InChI is InChI=1S/C20H24BrN3O/c1-12-20(21)13(2)24(23-12)18-7-5-17(6-8-18)22-19(25)11-16-10-14-3-4-15(16)9-14/h5-8,14-16H,3-4,9-11H2,1-2H3,(H,22,25)/t14-,15-,16-/m0/s1. The molecule has 1 heterocycles. The number of halogens is 1. The second kappa shape index (κ2) is 6.60. The Hall–Kier alpha value is -1.62. The monoisotopic (exact) mass is 401 g/mol. The summed E-state index contributed by atoms with van der Waals surface area (Å²) in [7, 11) is 0. The van der Waals surface area contributed by atoms with E-state index >= 15 is 0 Å². The highest BCUT2D eigenvalue weighted by Crippen LogP contribution is 2.49. The van der Waals surface area contributed by atoms with Gasteiger partial charge in [-0.1, -0.05) is 6.42 Å². The summed E-state index contributed by atoms with van der Waals surface area (Å²) in [5.41, 5.74) is 3.90. The van der Waals surface area contributed by atoms with Crippen molar-refractivity contribution in [3.8, 4) is 5.69 Å². The van der Waals surface area contributed by atoms with Crippen LogP contribution in [0.4, 0.5) is 5.69 Å². The molecular formula is C20H24BrN3O. The third-order valence-corrected chi connectivity index (χ3v) is 7.08. The number of aryl methyl sites for hydroxylation is 1. The van der Waals surface area contributed by atoms with Gasteiger partial charge < -0.3 is 5.32 Å². The Balaban J connectivity index is 1.40. The zero-order valence-electron chi connectivity index (χ0n) is 14.8. The number of fused-ring (bicyclic) bond motifs is 2. The number of carbonyl (C=O) groups excluding carboxylic acids is 1. The Bertz CT molecular complexity index is 796. The lowest BCUT2D eigenvalue weighted by molar-refractivity contribution is -0.117. The maximum Gasteiger partial charge on any atom is 0.224 e. The molecule has 2 saturated carbocycles. The van der Waals surface area contributed by atoms with Gasteiger partial charge in [0.1, 0.15) is 0 Å². The van der Waals surface area contributed by atoms with E-state index in [2.05, 4.69) is 26.3 Å². The van der Waals surface area contributed by atoms with Gasteiger partial charge in [-0.05, 0) is 91.1 Å². The second-order valence-corrected chi connectivity index (χ2v) is 8.42. The quantitative estimate of drug-likeness (QED) is 0.781. The largest absolute Gasteiger partial charge is 0.326 e. The molecule has 2 bridgehead atoms. The molecule has 2 aliphatic carbocycles. The summed E-state index contributed by atoms with van der Waals surface area (Å²) in [5, 5.41) is 7.60. The van der Waals surface area contributed by atoms with Crippen molar-refractivity contribution in [1.82, 2.24) is 9.78 Å². The summed E-state index contributed by atoms with van der Waals surface area (Å²) in [5.74, 6) is 2.44. The Morgan fingerprint density at radius 2 is 2.00 bits per heavy atom. The summed E-state index contributed by atoms with van der Waals surface area (Å²) in [6.07, 6.45) is 5.99. The van der Waals surface area contributed by atoms with Gasteiger partial charge in [-0.15, -0.1) is 0 Å². The predicted molar refractivity (Wildman–Crippen MR) is 103 cm³/mol. The number of aromatic nitrogens is 2. The van der Waals surface area contributed by atoms with Crippen LogP contribution in [-0.4, -0.2) is 15.7 Å². The molecule has 4 rings (SSSR count). The number of anilines is 1. The van der Waals surface area contributed by atoms with Crippen molar-refractivity contribution < 1.29 is 4.79 Å². The smallest absolute Gasteiger partial charge is 0.224 e. The Kier molecular flexibility index (Phi) is 4.44. The van der Waals surface area contributed by atoms with Crippen molar-refractivity contribution in [2.45, 2.75) is 46.0 Å². The van der Waals surface area contributed by atoms with Gasteiger partial charge in [-0.3, -0.25) is 4.79 Å². The van der Waals surface area contributed by atoms with Crippen LogP contribution in [0.25, 0.3) is 5.69 Å². The molecule has 1 amide bonds. The van der Waals surface area contributed by atoms with Crippen molar-refractivity contribution in [2.75, 3.05) is 5.32 Å². The molecule has 25 heavy (non-hydrogen) atoms. The van der Waals surface area contributed by atoms with E-state index in [0.29, 0.717) is 12.3 Å². The summed E-state index contributed by atoms with van der Waals surface area (Å²) in [4.78, 5) is 12.4. The zero-order chi connectivity index (χ0) is 17.6. The van der Waals surface area contributed by atoms with Crippen molar-refractivity contribution in [2.24, 2.45) is 17.8 Å². The first-order valence-electron chi connectivity index (χ1n) is 9.13. The number of hydrogen-bond acceptors (Lipinski definition) is 2. The van der Waals surface area contributed by atoms with Gasteiger partial charge in [0.05, 0.1) is 21.5 Å². The van der Waals surface area contributed by atoms with E-state index in [1.807, 2.05) is 42.8 Å². The maximum absolute atomic E-state index is 12.4. The lowest BCUT2D eigenvalue weighted by Gasteiger charge is -2.20. The average Bonchev–Trinajstić information content (AvgIpc) is 3.27. The molecule has 5 heteroatoms. The van der Waals surface area contributed by atoms with Gasteiger partial charge in [-0.25, -0.2) is 4.68 Å². The zero-order valence-corrected chi connectivity index (χ0v) is 16.3. The third kappa shape index (κ3) is 3.26. The minimum Gasteiger partial charge on any atom is -0.326 e. The minimum absolute atomic E-state index is 0.152. The van der Waals surface area contributed by atoms with Crippen molar-refractivity contribution in [1.29, 1.82) is 0 Å². The lowest BCUT2D eigenvalue weighted by Crippen LogP contribution is -2.20. The van der Waals surface area contributed by atoms with Gasteiger partial charge in [0.25, 0.3) is 0 Å². The molecule has 4 nitrogen and oxygen atoms in total. The summed E-state index contributed by atoms with van der Waals surface area (Å²) in [6.45, 7) is 4.02. The minimum atomic E-state index is 0.152. The first kappa shape index (κ1) is 16.8. The van der Waals surface area contributed by atoms with E-state index in [1.165, 1.54) is 25.7 Å². The molecule has 2 fully saturated rings. The van der Waals surface area contributed by atoms with Crippen molar-refractivity contribution in [3.05, 3.63) is 40.1 Å². The SMILES string of the molecule is Cc1nn(-c2ccc(NC(=O)C[C@@H]3C[C@H]4CC[C@H]3C4)cc2)c(C)c1Br. The molecule has 0 radical (unpaired) electrons. The molecule has 0 spiro atoms. The topological polar surface area (TPSA) is 46.9 Å². The number of carbonyl (C=O) groups is 1. The highest BCUT2D eigenvalue weighted by Gasteiger charge is 2.40. The third-order valence-electron chi connectivity index (χ3n) is 5.93. The average molecular weight is 402 g/mol. The molecule has 1 aromatic carbocycles. The fourth-order valence-corrected chi connectivity index (χ4v) is 4.88. The predicted octanol–water partition coefficient (Wildman–Crippen LogP) is 5.02. The van der Waals surface area contributed by atoms with Crippen LogP contribution in [-0.2, 0) is 4.79 Å². The van der Waals surface area contributed by atoms with Gasteiger partial charge in [0.2, 0.25) is 5.91 Å². The molecule has 2 aliphatic rings. The fourth-order valence-electron chi connectivity index (χ4n) is 4.64. The number of benzene rings is 1. The molecule has 0 saturated heterocycles. The molecular weight excluding hydrogens is 378 g/mol. The molecule has 1 aromatic heterocycles. The first-order valence-corrected chi connectivity index (χ1v) is 9.92. The van der Waals surface area contributed by atoms with E-state index in [4.69, 9.17) is 0 Å². The molecule has 2 aromatic rings. The van der Waals surface area contributed by atoms with Gasteiger partial charge in [-0.2, -0.15) is 5.10 Å². The van der Waals surface area contributed by atoms with Gasteiger partial charge in [0.15, 0.2) is 0 Å². The van der Waals surface area contributed by atoms with E-state index in [1.54, 1.807) is 0 Å². The summed E-state index contributed by atoms with van der Waals surface area (Å²) in [6, 6.07) is 7.91. The van der Waals surface area contributed by atoms with E-state index in [0.717, 1.165) is 39.1 Å². The second-order valence-electron chi connectivity index (χ2n) is 7.63. The van der Waals surface area contributed by atoms with Crippen LogP contribution in [0.3, 0.4) is 0 Å². The van der Waals surface area contributed by atoms with Crippen molar-refractivity contribution >= 4 is 27.5 Å². The van der Waals surface area contributed by atoms with Gasteiger partial charge >= 0.3 is 0 Å². The number of nitrogens with zero attached hydrogens (tertiary/aromatic N) is 2. The molecule has 0 aliphatic heterocycles. The van der Waals surface area contributed by atoms with Crippen LogP contribution in [0.2, 0.25) is 0 Å². The number of hydrogen-bond donors (Lipinski definition) is 1. The van der Waals surface area contributed by atoms with Gasteiger partial charge in [0, 0.05) is 12.1 Å². The van der Waals surface area contributed by atoms with Crippen LogP contribution >= 0.6 is 15.9 Å². The number of nitrogens with one attached hydrogen (secondary N) is 1. The highest BCUT2D eigenvalue weighted by atomic mass is 79.9. The van der Waals surface area contributed by atoms with E-state index < -0.39 is 0 Å². The fraction of sp³-hybridized carbons (Fsp3) is 0.500. The Morgan fingerprint density at radius 1 is 1.24 bits per heavy atom. The summed E-state index contributed by atoms with van der Waals surface area (Å²) < 4.78 is 2.95. The van der Waals surface area contributed by atoms with Crippen LogP contribution in [0.15, 0.2) is 28.7 Å². The van der Waals surface area contributed by atoms with Crippen molar-refractivity contribution in [3.63, 3.8) is 0 Å². The molecule has 3 atom stereocenters. The number of rotatable bonds is 4. The summed E-state index contributed by atoms with van der Waals surface area (Å²) >= 11 is 3.56. The lowest BCUT2D eigenvalue weighted by atomic mass is 9.86. The van der Waals surface area contributed by atoms with E-state index in [-0.39, 0.29) is 5.91 Å².